The van der Waals surface area contributed by atoms with Gasteiger partial charge in [0.25, 0.3) is 0 Å². The van der Waals surface area contributed by atoms with Crippen LogP contribution in [0.1, 0.15) is 31.9 Å². The molecule has 0 saturated carbocycles. The van der Waals surface area contributed by atoms with E-state index in [4.69, 9.17) is 9.72 Å². The van der Waals surface area contributed by atoms with Crippen molar-refractivity contribution in [3.63, 3.8) is 0 Å². The number of hydrogen-bond donors (Lipinski definition) is 0. The van der Waals surface area contributed by atoms with E-state index in [0.29, 0.717) is 41.7 Å². The van der Waals surface area contributed by atoms with Crippen LogP contribution in [0.25, 0.3) is 10.2 Å². The molecular formula is C22H26N4O4S2. The molecule has 1 amide bonds. The van der Waals surface area contributed by atoms with Crippen LogP contribution in [-0.4, -0.2) is 54.0 Å². The zero-order valence-electron chi connectivity index (χ0n) is 18.1. The summed E-state index contributed by atoms with van der Waals surface area (Å²) in [5.74, 6) is 0.381. The number of aromatic nitrogens is 2. The largest absolute Gasteiger partial charge is 0.492 e. The molecule has 1 unspecified atom stereocenters. The smallest absolute Gasteiger partial charge is 0.247 e. The van der Waals surface area contributed by atoms with Crippen molar-refractivity contribution in [1.82, 2.24) is 14.3 Å². The Morgan fingerprint density at radius 3 is 2.81 bits per heavy atom. The minimum Gasteiger partial charge on any atom is -0.492 e. The second-order valence-corrected chi connectivity index (χ2v) is 10.6. The molecule has 1 aliphatic heterocycles. The van der Waals surface area contributed by atoms with Crippen LogP contribution in [0.5, 0.6) is 5.75 Å². The number of ether oxygens (including phenoxy) is 1. The zero-order valence-corrected chi connectivity index (χ0v) is 19.7. The van der Waals surface area contributed by atoms with Crippen molar-refractivity contribution in [3.05, 3.63) is 48.3 Å². The van der Waals surface area contributed by atoms with Crippen LogP contribution in [0.15, 0.2) is 42.6 Å². The highest BCUT2D eigenvalue weighted by Gasteiger charge is 2.38. The predicted molar refractivity (Wildman–Crippen MR) is 125 cm³/mol. The Kier molecular flexibility index (Phi) is 6.73. The van der Waals surface area contributed by atoms with Crippen LogP contribution >= 0.6 is 11.3 Å². The molecule has 170 valence electrons. The number of thiazole rings is 1. The van der Waals surface area contributed by atoms with Crippen LogP contribution in [0, 0.1) is 0 Å². The molecule has 32 heavy (non-hydrogen) atoms. The molecule has 0 aliphatic carbocycles. The first kappa shape index (κ1) is 22.6. The number of fused-ring (bicyclic) bond motifs is 1. The van der Waals surface area contributed by atoms with Crippen molar-refractivity contribution in [2.75, 3.05) is 24.3 Å². The van der Waals surface area contributed by atoms with Gasteiger partial charge in [-0.2, -0.15) is 4.31 Å². The minimum absolute atomic E-state index is 0.206. The van der Waals surface area contributed by atoms with Gasteiger partial charge < -0.3 is 4.74 Å². The van der Waals surface area contributed by atoms with Gasteiger partial charge in [-0.3, -0.25) is 14.7 Å². The fourth-order valence-corrected chi connectivity index (χ4v) is 6.03. The first-order valence-corrected chi connectivity index (χ1v) is 13.3. The van der Waals surface area contributed by atoms with E-state index in [-0.39, 0.29) is 12.5 Å². The molecule has 4 rings (SSSR count). The molecule has 10 heteroatoms. The fraction of sp³-hybridized carbons (Fsp3) is 0.409. The summed E-state index contributed by atoms with van der Waals surface area (Å²) in [4.78, 5) is 24.4. The quantitative estimate of drug-likeness (QED) is 0.521. The average molecular weight is 475 g/mol. The van der Waals surface area contributed by atoms with Crippen molar-refractivity contribution in [1.29, 1.82) is 0 Å². The summed E-state index contributed by atoms with van der Waals surface area (Å²) in [5.41, 5.74) is 1.39. The summed E-state index contributed by atoms with van der Waals surface area (Å²) in [6.45, 7) is 2.97. The number of sulfonamides is 1. The summed E-state index contributed by atoms with van der Waals surface area (Å²) in [6.07, 6.45) is 4.87. The topological polar surface area (TPSA) is 92.7 Å². The van der Waals surface area contributed by atoms with E-state index in [1.54, 1.807) is 11.1 Å². The van der Waals surface area contributed by atoms with Crippen LogP contribution in [0.4, 0.5) is 5.13 Å². The van der Waals surface area contributed by atoms with E-state index < -0.39 is 16.1 Å². The highest BCUT2D eigenvalue weighted by molar-refractivity contribution is 7.88. The SMILES string of the molecule is CCOc1cccc2sc(N(Cc3ccccn3)C(=O)C3CCCCN3S(C)(=O)=O)nc12. The molecule has 0 spiro atoms. The van der Waals surface area contributed by atoms with Gasteiger partial charge in [0.1, 0.15) is 17.3 Å². The van der Waals surface area contributed by atoms with Crippen molar-refractivity contribution >= 4 is 42.6 Å². The van der Waals surface area contributed by atoms with Gasteiger partial charge in [-0.05, 0) is 44.0 Å². The second kappa shape index (κ2) is 9.51. The van der Waals surface area contributed by atoms with Crippen molar-refractivity contribution in [3.8, 4) is 5.75 Å². The number of piperidine rings is 1. The van der Waals surface area contributed by atoms with Crippen molar-refractivity contribution < 1.29 is 17.9 Å². The Morgan fingerprint density at radius 2 is 2.09 bits per heavy atom. The predicted octanol–water partition coefficient (Wildman–Crippen LogP) is 3.44. The normalized spacial score (nSPS) is 17.4. The van der Waals surface area contributed by atoms with Gasteiger partial charge >= 0.3 is 0 Å². The number of carbonyl (C=O) groups excluding carboxylic acids is 1. The van der Waals surface area contributed by atoms with Crippen LogP contribution < -0.4 is 9.64 Å². The van der Waals surface area contributed by atoms with E-state index in [0.717, 1.165) is 23.8 Å². The molecule has 3 aromatic rings. The summed E-state index contributed by atoms with van der Waals surface area (Å²) in [6, 6.07) is 10.5. The monoisotopic (exact) mass is 474 g/mol. The van der Waals surface area contributed by atoms with E-state index >= 15 is 0 Å². The van der Waals surface area contributed by atoms with Crippen LogP contribution in [0.2, 0.25) is 0 Å². The van der Waals surface area contributed by atoms with Gasteiger partial charge in [0, 0.05) is 12.7 Å². The summed E-state index contributed by atoms with van der Waals surface area (Å²) < 4.78 is 32.7. The standard InChI is InChI=1S/C22H26N4O4S2/c1-3-30-18-11-8-12-19-20(18)24-22(31-19)25(15-16-9-4-6-13-23-16)21(27)17-10-5-7-14-26(17)32(2,28)29/h4,6,8-9,11-13,17H,3,5,7,10,14-15H2,1-2H3. The lowest BCUT2D eigenvalue weighted by molar-refractivity contribution is -0.123. The first-order valence-electron chi connectivity index (χ1n) is 10.6. The lowest BCUT2D eigenvalue weighted by Crippen LogP contribution is -2.52. The molecule has 0 radical (unpaired) electrons. The number of anilines is 1. The highest BCUT2D eigenvalue weighted by Crippen LogP contribution is 2.36. The molecule has 2 aromatic heterocycles. The highest BCUT2D eigenvalue weighted by atomic mass is 32.2. The van der Waals surface area contributed by atoms with Gasteiger partial charge in [0.2, 0.25) is 15.9 Å². The van der Waals surface area contributed by atoms with Gasteiger partial charge in [-0.25, -0.2) is 13.4 Å². The van der Waals surface area contributed by atoms with E-state index in [1.807, 2.05) is 43.3 Å². The molecule has 3 heterocycles. The van der Waals surface area contributed by atoms with Crippen LogP contribution in [0.3, 0.4) is 0 Å². The number of nitrogens with zero attached hydrogens (tertiary/aromatic N) is 4. The van der Waals surface area contributed by atoms with Gasteiger partial charge in [-0.15, -0.1) is 0 Å². The van der Waals surface area contributed by atoms with Crippen molar-refractivity contribution in [2.24, 2.45) is 0 Å². The third-order valence-corrected chi connectivity index (χ3v) is 7.71. The maximum atomic E-state index is 13.8. The van der Waals surface area contributed by atoms with Gasteiger partial charge in [0.15, 0.2) is 5.13 Å². The van der Waals surface area contributed by atoms with Gasteiger partial charge in [0.05, 0.1) is 29.8 Å². The third kappa shape index (κ3) is 4.77. The van der Waals surface area contributed by atoms with Gasteiger partial charge in [-0.1, -0.05) is 29.9 Å². The van der Waals surface area contributed by atoms with E-state index in [1.165, 1.54) is 15.6 Å². The molecular weight excluding hydrogens is 448 g/mol. The lowest BCUT2D eigenvalue weighted by atomic mass is 10.0. The Labute approximate surface area is 191 Å². The maximum Gasteiger partial charge on any atom is 0.247 e. The number of carbonyl (C=O) groups is 1. The lowest BCUT2D eigenvalue weighted by Gasteiger charge is -2.35. The number of amides is 1. The Morgan fingerprint density at radius 1 is 1.25 bits per heavy atom. The first-order chi connectivity index (χ1) is 15.4. The van der Waals surface area contributed by atoms with Crippen molar-refractivity contribution in [2.45, 2.75) is 38.8 Å². The minimum atomic E-state index is -3.51. The molecule has 1 aliphatic rings. The number of hydrogen-bond acceptors (Lipinski definition) is 7. The molecule has 1 atom stereocenters. The Hall–Kier alpha value is -2.56. The Bertz CT molecular complexity index is 1200. The summed E-state index contributed by atoms with van der Waals surface area (Å²) in [5, 5.41) is 0.502. The molecule has 1 aromatic carbocycles. The average Bonchev–Trinajstić information content (AvgIpc) is 3.22. The summed E-state index contributed by atoms with van der Waals surface area (Å²) in [7, 11) is -3.51. The molecule has 0 N–H and O–H groups in total. The zero-order chi connectivity index (χ0) is 22.7. The molecule has 0 bridgehead atoms. The maximum absolute atomic E-state index is 13.8. The molecule has 1 fully saturated rings. The number of pyridine rings is 1. The molecule has 8 nitrogen and oxygen atoms in total. The summed E-state index contributed by atoms with van der Waals surface area (Å²) >= 11 is 1.38. The third-order valence-electron chi connectivity index (χ3n) is 5.38. The number of benzene rings is 1. The second-order valence-electron chi connectivity index (χ2n) is 7.66. The number of para-hydroxylation sites is 1. The fourth-order valence-electron chi connectivity index (χ4n) is 3.92. The van der Waals surface area contributed by atoms with E-state index in [2.05, 4.69) is 4.98 Å². The van der Waals surface area contributed by atoms with E-state index in [9.17, 15) is 13.2 Å². The molecule has 1 saturated heterocycles. The Balaban J connectivity index is 1.76. The number of rotatable bonds is 7. The van der Waals surface area contributed by atoms with Crippen LogP contribution in [-0.2, 0) is 21.4 Å².